The number of aryl methyl sites for hydroxylation is 1. The smallest absolute Gasteiger partial charge is 0.338 e. The van der Waals surface area contributed by atoms with Crippen LogP contribution in [-0.4, -0.2) is 48.7 Å². The number of halogens is 1. The molecule has 0 N–H and O–H groups in total. The normalized spacial score (nSPS) is 11.6. The lowest BCUT2D eigenvalue weighted by Crippen LogP contribution is -2.30. The number of carbonyl (C=O) groups excluding carboxylic acids is 2. The average Bonchev–Trinajstić information content (AvgIpc) is 3.12. The van der Waals surface area contributed by atoms with E-state index in [0.717, 1.165) is 5.69 Å². The molecule has 34 heavy (non-hydrogen) atoms. The third kappa shape index (κ3) is 5.10. The molecule has 0 unspecified atom stereocenters. The number of ketones is 1. The third-order valence-corrected chi connectivity index (χ3v) is 7.65. The Morgan fingerprint density at radius 3 is 2.12 bits per heavy atom. The lowest BCUT2D eigenvalue weighted by molar-refractivity contribution is 0.0474. The van der Waals surface area contributed by atoms with Crippen LogP contribution in [0.25, 0.3) is 5.69 Å². The second kappa shape index (κ2) is 10.3. The lowest BCUT2D eigenvalue weighted by Gasteiger charge is -2.18. The van der Waals surface area contributed by atoms with Gasteiger partial charge in [0, 0.05) is 35.7 Å². The van der Waals surface area contributed by atoms with Crippen LogP contribution in [0.3, 0.4) is 0 Å². The van der Waals surface area contributed by atoms with Crippen LogP contribution in [0, 0.1) is 19.7 Å². The summed E-state index contributed by atoms with van der Waals surface area (Å²) < 4.78 is 46.7. The van der Waals surface area contributed by atoms with Gasteiger partial charge in [0.15, 0.2) is 6.61 Å². The van der Waals surface area contributed by atoms with Crippen molar-refractivity contribution in [1.29, 1.82) is 0 Å². The number of aromatic nitrogens is 1. The van der Waals surface area contributed by atoms with Crippen molar-refractivity contribution < 1.29 is 27.1 Å². The van der Waals surface area contributed by atoms with Crippen LogP contribution >= 0.6 is 0 Å². The first-order chi connectivity index (χ1) is 16.1. The Bertz CT molecular complexity index is 1290. The second-order valence-electron chi connectivity index (χ2n) is 7.71. The number of hydrogen-bond donors (Lipinski definition) is 0. The minimum Gasteiger partial charge on any atom is -0.454 e. The van der Waals surface area contributed by atoms with E-state index in [4.69, 9.17) is 4.74 Å². The number of benzene rings is 2. The summed E-state index contributed by atoms with van der Waals surface area (Å²) in [4.78, 5) is 25.2. The predicted molar refractivity (Wildman–Crippen MR) is 126 cm³/mol. The summed E-state index contributed by atoms with van der Waals surface area (Å²) in [5.41, 5.74) is 2.69. The van der Waals surface area contributed by atoms with Crippen molar-refractivity contribution >= 4 is 21.8 Å². The molecule has 2 aromatic carbocycles. The highest BCUT2D eigenvalue weighted by Gasteiger charge is 2.22. The van der Waals surface area contributed by atoms with Crippen LogP contribution in [-0.2, 0) is 14.8 Å². The van der Waals surface area contributed by atoms with Gasteiger partial charge in [-0.05, 0) is 68.4 Å². The summed E-state index contributed by atoms with van der Waals surface area (Å²) in [6.07, 6.45) is 0. The first-order valence-electron chi connectivity index (χ1n) is 10.9. The summed E-state index contributed by atoms with van der Waals surface area (Å²) in [5.74, 6) is -1.46. The van der Waals surface area contributed by atoms with E-state index >= 15 is 0 Å². The molecule has 0 atom stereocenters. The topological polar surface area (TPSA) is 85.7 Å². The Morgan fingerprint density at radius 1 is 0.971 bits per heavy atom. The number of Topliss-reactive ketones (excluding diaryl/α,β-unsaturated/α-hetero) is 1. The van der Waals surface area contributed by atoms with Gasteiger partial charge >= 0.3 is 5.97 Å². The van der Waals surface area contributed by atoms with Crippen molar-refractivity contribution in [2.24, 2.45) is 0 Å². The van der Waals surface area contributed by atoms with Crippen molar-refractivity contribution in [2.45, 2.75) is 32.6 Å². The number of nitrogens with zero attached hydrogens (tertiary/aromatic N) is 2. The minimum absolute atomic E-state index is 0.0806. The number of rotatable bonds is 9. The summed E-state index contributed by atoms with van der Waals surface area (Å²) in [6.45, 7) is 7.31. The molecule has 0 aliphatic carbocycles. The molecule has 0 saturated carbocycles. The van der Waals surface area contributed by atoms with Crippen LogP contribution < -0.4 is 0 Å². The maximum atomic E-state index is 13.3. The molecule has 0 spiro atoms. The molecule has 0 radical (unpaired) electrons. The van der Waals surface area contributed by atoms with Gasteiger partial charge in [-0.25, -0.2) is 17.6 Å². The van der Waals surface area contributed by atoms with Crippen LogP contribution in [0.5, 0.6) is 0 Å². The minimum atomic E-state index is -3.63. The Morgan fingerprint density at radius 2 is 1.56 bits per heavy atom. The second-order valence-corrected chi connectivity index (χ2v) is 9.65. The van der Waals surface area contributed by atoms with Crippen molar-refractivity contribution in [2.75, 3.05) is 19.7 Å². The van der Waals surface area contributed by atoms with E-state index in [-0.39, 0.29) is 22.1 Å². The van der Waals surface area contributed by atoms with Crippen LogP contribution in [0.4, 0.5) is 4.39 Å². The maximum absolute atomic E-state index is 13.3. The van der Waals surface area contributed by atoms with Crippen molar-refractivity contribution in [3.63, 3.8) is 0 Å². The van der Waals surface area contributed by atoms with Crippen LogP contribution in [0.2, 0.25) is 0 Å². The summed E-state index contributed by atoms with van der Waals surface area (Å²) in [7, 11) is -3.63. The van der Waals surface area contributed by atoms with E-state index in [0.29, 0.717) is 30.0 Å². The zero-order valence-electron chi connectivity index (χ0n) is 19.5. The molecule has 1 aromatic heterocycles. The zero-order chi connectivity index (χ0) is 25.0. The quantitative estimate of drug-likeness (QED) is 0.332. The molecular weight excluding hydrogens is 459 g/mol. The Kier molecular flexibility index (Phi) is 7.68. The van der Waals surface area contributed by atoms with Gasteiger partial charge in [0.25, 0.3) is 0 Å². The number of carbonyl (C=O) groups is 2. The molecule has 180 valence electrons. The van der Waals surface area contributed by atoms with Gasteiger partial charge in [0.2, 0.25) is 15.8 Å². The van der Waals surface area contributed by atoms with Crippen molar-refractivity contribution in [3.8, 4) is 5.69 Å². The lowest BCUT2D eigenvalue weighted by atomic mass is 10.1. The van der Waals surface area contributed by atoms with E-state index in [2.05, 4.69) is 0 Å². The highest BCUT2D eigenvalue weighted by atomic mass is 32.2. The van der Waals surface area contributed by atoms with E-state index in [1.165, 1.54) is 40.7 Å². The molecule has 0 aliphatic heterocycles. The van der Waals surface area contributed by atoms with Crippen molar-refractivity contribution in [1.82, 2.24) is 8.87 Å². The summed E-state index contributed by atoms with van der Waals surface area (Å²) >= 11 is 0. The first-order valence-corrected chi connectivity index (χ1v) is 12.3. The van der Waals surface area contributed by atoms with Gasteiger partial charge in [-0.2, -0.15) is 4.31 Å². The third-order valence-electron chi connectivity index (χ3n) is 5.58. The fraction of sp³-hybridized carbons (Fsp3) is 0.280. The molecule has 3 aromatic rings. The van der Waals surface area contributed by atoms with E-state index in [1.54, 1.807) is 39.0 Å². The molecule has 1 heterocycles. The standard InChI is InChI=1S/C25H27FN2O5S/c1-5-27(6-2)34(31,32)22-13-7-19(8-14-22)25(30)33-16-24(29)23-15-17(3)28(18(23)4)21-11-9-20(26)10-12-21/h7-15H,5-6,16H2,1-4H3. The Balaban J connectivity index is 1.70. The number of esters is 1. The van der Waals surface area contributed by atoms with Gasteiger partial charge in [-0.3, -0.25) is 4.79 Å². The van der Waals surface area contributed by atoms with Crippen molar-refractivity contribution in [3.05, 3.63) is 82.9 Å². The first kappa shape index (κ1) is 25.3. The average molecular weight is 487 g/mol. The molecular formula is C25H27FN2O5S. The van der Waals surface area contributed by atoms with E-state index < -0.39 is 22.6 Å². The zero-order valence-corrected chi connectivity index (χ0v) is 20.4. The molecule has 7 nitrogen and oxygen atoms in total. The Labute approximate surface area is 198 Å². The van der Waals surface area contributed by atoms with E-state index in [9.17, 15) is 22.4 Å². The van der Waals surface area contributed by atoms with Gasteiger partial charge in [0.05, 0.1) is 10.5 Å². The van der Waals surface area contributed by atoms with Gasteiger partial charge < -0.3 is 9.30 Å². The highest BCUT2D eigenvalue weighted by Crippen LogP contribution is 2.22. The molecule has 0 fully saturated rings. The predicted octanol–water partition coefficient (Wildman–Crippen LogP) is 4.30. The van der Waals surface area contributed by atoms with E-state index in [1.807, 2.05) is 11.5 Å². The molecule has 9 heteroatoms. The monoisotopic (exact) mass is 486 g/mol. The fourth-order valence-corrected chi connectivity index (χ4v) is 5.26. The van der Waals surface area contributed by atoms with Gasteiger partial charge in [0.1, 0.15) is 5.82 Å². The molecule has 0 saturated heterocycles. The highest BCUT2D eigenvalue weighted by molar-refractivity contribution is 7.89. The molecule has 3 rings (SSSR count). The number of hydrogen-bond acceptors (Lipinski definition) is 5. The summed E-state index contributed by atoms with van der Waals surface area (Å²) in [6, 6.07) is 13.0. The molecule has 0 aliphatic rings. The maximum Gasteiger partial charge on any atom is 0.338 e. The largest absolute Gasteiger partial charge is 0.454 e. The van der Waals surface area contributed by atoms with Crippen LogP contribution in [0.1, 0.15) is 46.0 Å². The molecule has 0 amide bonds. The van der Waals surface area contributed by atoms with Gasteiger partial charge in [-0.15, -0.1) is 0 Å². The SMILES string of the molecule is CCN(CC)S(=O)(=O)c1ccc(C(=O)OCC(=O)c2cc(C)n(-c3ccc(F)cc3)c2C)cc1. The molecule has 0 bridgehead atoms. The number of ether oxygens (including phenoxy) is 1. The fourth-order valence-electron chi connectivity index (χ4n) is 3.80. The Hall–Kier alpha value is -3.30. The number of sulfonamides is 1. The summed E-state index contributed by atoms with van der Waals surface area (Å²) in [5, 5.41) is 0. The van der Waals surface area contributed by atoms with Crippen LogP contribution in [0.15, 0.2) is 59.5 Å². The van der Waals surface area contributed by atoms with Gasteiger partial charge in [-0.1, -0.05) is 13.8 Å².